The molecule has 0 radical (unpaired) electrons. The van der Waals surface area contributed by atoms with Crippen LogP contribution in [0.4, 0.5) is 10.1 Å². The van der Waals surface area contributed by atoms with Crippen LogP contribution >= 0.6 is 0 Å². The van der Waals surface area contributed by atoms with E-state index < -0.39 is 0 Å². The lowest BCUT2D eigenvalue weighted by molar-refractivity contribution is -0.133. The van der Waals surface area contributed by atoms with E-state index in [9.17, 15) is 9.18 Å². The Bertz CT molecular complexity index is 860. The standard InChI is InChI=1S/C23H31FN4O/c1-4-21-25-11-14-26(21)13-10-22(29)27-12-9-20-17(16-27)15-23(2,3)28(20)19-7-5-18(24)6-8-19/h5-8,11,14,17,20H,4,9-10,12-13,15-16H2,1-3H3/t17-,20+/m1/s1. The normalized spacial score (nSPS) is 23.3. The Balaban J connectivity index is 1.41. The maximum atomic E-state index is 13.4. The van der Waals surface area contributed by atoms with Crippen LogP contribution in [0.25, 0.3) is 0 Å². The lowest BCUT2D eigenvalue weighted by Crippen LogP contribution is -2.50. The maximum Gasteiger partial charge on any atom is 0.224 e. The first-order valence-electron chi connectivity index (χ1n) is 10.7. The van der Waals surface area contributed by atoms with Gasteiger partial charge in [0.25, 0.3) is 0 Å². The van der Waals surface area contributed by atoms with Crippen LogP contribution in [-0.4, -0.2) is 45.0 Å². The maximum absolute atomic E-state index is 13.4. The highest BCUT2D eigenvalue weighted by Crippen LogP contribution is 2.44. The van der Waals surface area contributed by atoms with Gasteiger partial charge in [0.15, 0.2) is 0 Å². The number of aromatic nitrogens is 2. The number of anilines is 1. The third-order valence-electron chi connectivity index (χ3n) is 6.58. The van der Waals surface area contributed by atoms with E-state index in [2.05, 4.69) is 35.2 Å². The number of carbonyl (C=O) groups excluding carboxylic acids is 1. The van der Waals surface area contributed by atoms with Crippen molar-refractivity contribution in [1.29, 1.82) is 0 Å². The van der Waals surface area contributed by atoms with Gasteiger partial charge in [0.2, 0.25) is 5.91 Å². The van der Waals surface area contributed by atoms with Gasteiger partial charge in [-0.25, -0.2) is 9.37 Å². The van der Waals surface area contributed by atoms with Crippen molar-refractivity contribution < 1.29 is 9.18 Å². The molecule has 2 aliphatic heterocycles. The van der Waals surface area contributed by atoms with Crippen LogP contribution in [0, 0.1) is 11.7 Å². The van der Waals surface area contributed by atoms with Gasteiger partial charge in [-0.3, -0.25) is 4.79 Å². The number of likely N-dealkylation sites (tertiary alicyclic amines) is 1. The number of halogens is 1. The van der Waals surface area contributed by atoms with Crippen molar-refractivity contribution in [2.75, 3.05) is 18.0 Å². The second-order valence-electron chi connectivity index (χ2n) is 8.96. The van der Waals surface area contributed by atoms with Crippen molar-refractivity contribution in [3.05, 3.63) is 48.3 Å². The van der Waals surface area contributed by atoms with E-state index in [-0.39, 0.29) is 17.3 Å². The topological polar surface area (TPSA) is 41.4 Å². The highest BCUT2D eigenvalue weighted by molar-refractivity contribution is 5.76. The molecule has 0 aliphatic carbocycles. The zero-order valence-corrected chi connectivity index (χ0v) is 17.6. The van der Waals surface area contributed by atoms with Gasteiger partial charge in [0.05, 0.1) is 0 Å². The van der Waals surface area contributed by atoms with Crippen molar-refractivity contribution in [1.82, 2.24) is 14.5 Å². The second-order valence-corrected chi connectivity index (χ2v) is 8.96. The first-order chi connectivity index (χ1) is 13.9. The summed E-state index contributed by atoms with van der Waals surface area (Å²) in [5.41, 5.74) is 1.08. The summed E-state index contributed by atoms with van der Waals surface area (Å²) in [6.45, 7) is 8.89. The van der Waals surface area contributed by atoms with E-state index in [1.54, 1.807) is 6.20 Å². The number of benzene rings is 1. The van der Waals surface area contributed by atoms with Gasteiger partial charge in [-0.15, -0.1) is 0 Å². The van der Waals surface area contributed by atoms with Crippen LogP contribution in [0.2, 0.25) is 0 Å². The zero-order chi connectivity index (χ0) is 20.6. The molecular weight excluding hydrogens is 367 g/mol. The molecule has 6 heteroatoms. The van der Waals surface area contributed by atoms with Gasteiger partial charge in [0, 0.05) is 62.1 Å². The largest absolute Gasteiger partial charge is 0.363 e. The molecule has 1 amide bonds. The highest BCUT2D eigenvalue weighted by Gasteiger charge is 2.48. The molecule has 29 heavy (non-hydrogen) atoms. The molecule has 5 nitrogen and oxygen atoms in total. The lowest BCUT2D eigenvalue weighted by atomic mass is 9.89. The average molecular weight is 399 g/mol. The van der Waals surface area contributed by atoms with E-state index >= 15 is 0 Å². The van der Waals surface area contributed by atoms with E-state index in [1.165, 1.54) is 12.1 Å². The fraction of sp³-hybridized carbons (Fsp3) is 0.565. The van der Waals surface area contributed by atoms with Crippen LogP contribution in [0.5, 0.6) is 0 Å². The minimum atomic E-state index is -0.202. The minimum absolute atomic E-state index is 0.000935. The molecule has 4 rings (SSSR count). The van der Waals surface area contributed by atoms with Gasteiger partial charge >= 0.3 is 0 Å². The first kappa shape index (κ1) is 19.9. The molecule has 1 aromatic carbocycles. The number of rotatable bonds is 5. The van der Waals surface area contributed by atoms with Gasteiger partial charge in [-0.2, -0.15) is 0 Å². The summed E-state index contributed by atoms with van der Waals surface area (Å²) in [6.07, 6.45) is 7.16. The average Bonchev–Trinajstić information content (AvgIpc) is 3.26. The molecule has 0 unspecified atom stereocenters. The minimum Gasteiger partial charge on any atom is -0.363 e. The fourth-order valence-corrected chi connectivity index (χ4v) is 5.35. The number of carbonyl (C=O) groups is 1. The molecule has 0 bridgehead atoms. The van der Waals surface area contributed by atoms with Gasteiger partial charge in [-0.1, -0.05) is 6.92 Å². The highest BCUT2D eigenvalue weighted by atomic mass is 19.1. The number of nitrogens with zero attached hydrogens (tertiary/aromatic N) is 4. The Labute approximate surface area is 172 Å². The summed E-state index contributed by atoms with van der Waals surface area (Å²) in [5, 5.41) is 0. The SMILES string of the molecule is CCc1nccn1CCC(=O)N1CC[C@H]2[C@@H](C1)CC(C)(C)N2c1ccc(F)cc1. The number of hydrogen-bond acceptors (Lipinski definition) is 3. The van der Waals surface area contributed by atoms with Gasteiger partial charge in [0.1, 0.15) is 11.6 Å². The Morgan fingerprint density at radius 3 is 2.76 bits per heavy atom. The monoisotopic (exact) mass is 398 g/mol. The molecule has 1 aromatic heterocycles. The Hall–Kier alpha value is -2.37. The van der Waals surface area contributed by atoms with Crippen LogP contribution in [-0.2, 0) is 17.8 Å². The van der Waals surface area contributed by atoms with E-state index in [0.717, 1.165) is 43.9 Å². The molecular formula is C23H31FN4O. The summed E-state index contributed by atoms with van der Waals surface area (Å²) in [4.78, 5) is 21.7. The number of aryl methyl sites for hydroxylation is 2. The number of amides is 1. The molecule has 2 aromatic rings. The third kappa shape index (κ3) is 3.89. The van der Waals surface area contributed by atoms with Crippen LogP contribution in [0.3, 0.4) is 0 Å². The summed E-state index contributed by atoms with van der Waals surface area (Å²) >= 11 is 0. The van der Waals surface area contributed by atoms with E-state index in [0.29, 0.717) is 24.9 Å². The molecule has 3 heterocycles. The van der Waals surface area contributed by atoms with Gasteiger partial charge in [-0.05, 0) is 56.9 Å². The molecule has 2 fully saturated rings. The summed E-state index contributed by atoms with van der Waals surface area (Å²) in [6, 6.07) is 7.25. The van der Waals surface area contributed by atoms with E-state index in [4.69, 9.17) is 0 Å². The number of imidazole rings is 1. The fourth-order valence-electron chi connectivity index (χ4n) is 5.35. The van der Waals surface area contributed by atoms with Crippen LogP contribution in [0.1, 0.15) is 45.9 Å². The zero-order valence-electron chi connectivity index (χ0n) is 17.6. The third-order valence-corrected chi connectivity index (χ3v) is 6.58. The molecule has 2 aliphatic rings. The Kier molecular flexibility index (Phi) is 5.36. The Morgan fingerprint density at radius 1 is 1.28 bits per heavy atom. The van der Waals surface area contributed by atoms with Crippen LogP contribution < -0.4 is 4.90 Å². The smallest absolute Gasteiger partial charge is 0.224 e. The molecule has 0 saturated carbocycles. The molecule has 2 saturated heterocycles. The molecule has 0 N–H and O–H groups in total. The summed E-state index contributed by atoms with van der Waals surface area (Å²) < 4.78 is 15.5. The van der Waals surface area contributed by atoms with Crippen LogP contribution in [0.15, 0.2) is 36.7 Å². The second kappa shape index (κ2) is 7.81. The first-order valence-corrected chi connectivity index (χ1v) is 10.7. The van der Waals surface area contributed by atoms with E-state index in [1.807, 2.05) is 23.2 Å². The molecule has 0 spiro atoms. The predicted molar refractivity (Wildman–Crippen MR) is 112 cm³/mol. The van der Waals surface area contributed by atoms with Crippen molar-refractivity contribution >= 4 is 11.6 Å². The summed E-state index contributed by atoms with van der Waals surface area (Å²) in [5.74, 6) is 1.51. The number of fused-ring (bicyclic) bond motifs is 1. The van der Waals surface area contributed by atoms with Gasteiger partial charge < -0.3 is 14.4 Å². The molecule has 2 atom stereocenters. The predicted octanol–water partition coefficient (Wildman–Crippen LogP) is 3.88. The van der Waals surface area contributed by atoms with Crippen molar-refractivity contribution in [3.63, 3.8) is 0 Å². The number of hydrogen-bond donors (Lipinski definition) is 0. The number of piperidine rings is 1. The lowest BCUT2D eigenvalue weighted by Gasteiger charge is -2.42. The summed E-state index contributed by atoms with van der Waals surface area (Å²) in [7, 11) is 0. The van der Waals surface area contributed by atoms with Crippen molar-refractivity contribution in [2.24, 2.45) is 5.92 Å². The van der Waals surface area contributed by atoms with Crippen molar-refractivity contribution in [2.45, 2.75) is 64.6 Å². The Morgan fingerprint density at radius 2 is 2.03 bits per heavy atom. The van der Waals surface area contributed by atoms with Crippen molar-refractivity contribution in [3.8, 4) is 0 Å². The quantitative estimate of drug-likeness (QED) is 0.768. The molecule has 156 valence electrons.